The molecule has 4 aliphatic rings. The first kappa shape index (κ1) is 13.0. The number of rotatable bonds is 2. The molecule has 0 atom stereocenters. The second-order valence-corrected chi connectivity index (χ2v) is 8.12. The van der Waals surface area contributed by atoms with E-state index in [4.69, 9.17) is 0 Å². The number of hydrogen-bond acceptors (Lipinski definition) is 4. The van der Waals surface area contributed by atoms with E-state index >= 15 is 0 Å². The van der Waals surface area contributed by atoms with Gasteiger partial charge in [0.25, 0.3) is 0 Å². The number of fused-ring (bicyclic) bond motifs is 1. The molecule has 1 heterocycles. The number of benzene rings is 1. The largest absolute Gasteiger partial charge is 0.324 e. The van der Waals surface area contributed by atoms with Crippen LogP contribution in [0.1, 0.15) is 38.5 Å². The van der Waals surface area contributed by atoms with Crippen LogP contribution in [0.4, 0.5) is 5.69 Å². The van der Waals surface area contributed by atoms with Gasteiger partial charge < -0.3 is 5.32 Å². The lowest BCUT2D eigenvalue weighted by Gasteiger charge is -2.55. The summed E-state index contributed by atoms with van der Waals surface area (Å²) < 4.78 is 8.59. The van der Waals surface area contributed by atoms with Crippen LogP contribution >= 0.6 is 11.7 Å². The van der Waals surface area contributed by atoms with E-state index in [0.717, 1.165) is 53.7 Å². The Bertz CT molecular complexity index is 718. The molecule has 1 aromatic carbocycles. The molecule has 4 bridgehead atoms. The van der Waals surface area contributed by atoms with Crippen LogP contribution in [0.5, 0.6) is 0 Å². The fourth-order valence-electron chi connectivity index (χ4n) is 5.55. The van der Waals surface area contributed by atoms with Crippen LogP contribution < -0.4 is 5.32 Å². The lowest BCUT2D eigenvalue weighted by Crippen LogP contribution is -2.51. The molecule has 2 aromatic rings. The zero-order chi connectivity index (χ0) is 14.7. The van der Waals surface area contributed by atoms with Crippen molar-refractivity contribution in [3.63, 3.8) is 0 Å². The van der Waals surface area contributed by atoms with Crippen LogP contribution in [0.15, 0.2) is 18.2 Å². The minimum atomic E-state index is -0.111. The van der Waals surface area contributed by atoms with E-state index in [9.17, 15) is 4.79 Å². The Morgan fingerprint density at radius 2 is 1.77 bits per heavy atom. The highest BCUT2D eigenvalue weighted by molar-refractivity contribution is 7.00. The van der Waals surface area contributed by atoms with Crippen LogP contribution in [0, 0.1) is 23.2 Å². The lowest BCUT2D eigenvalue weighted by atomic mass is 9.49. The summed E-state index contributed by atoms with van der Waals surface area (Å²) in [7, 11) is 0. The van der Waals surface area contributed by atoms with Crippen molar-refractivity contribution in [3.8, 4) is 0 Å². The lowest BCUT2D eigenvalue weighted by molar-refractivity contribution is -0.140. The number of nitrogens with zero attached hydrogens (tertiary/aromatic N) is 2. The molecule has 1 aromatic heterocycles. The number of aromatic nitrogens is 2. The number of anilines is 1. The van der Waals surface area contributed by atoms with Crippen molar-refractivity contribution >= 4 is 34.4 Å². The Labute approximate surface area is 133 Å². The molecule has 6 rings (SSSR count). The first-order valence-electron chi connectivity index (χ1n) is 8.25. The van der Waals surface area contributed by atoms with E-state index in [2.05, 4.69) is 14.1 Å². The van der Waals surface area contributed by atoms with Gasteiger partial charge in [0.05, 0.1) is 22.8 Å². The molecular weight excluding hydrogens is 294 g/mol. The van der Waals surface area contributed by atoms with E-state index < -0.39 is 0 Å². The number of carbonyl (C=O) groups excluding carboxylic acids is 1. The average molecular weight is 313 g/mol. The molecule has 0 aliphatic heterocycles. The van der Waals surface area contributed by atoms with Crippen LogP contribution in [0.2, 0.25) is 0 Å². The van der Waals surface area contributed by atoms with Crippen LogP contribution in [0.3, 0.4) is 0 Å². The summed E-state index contributed by atoms with van der Waals surface area (Å²) in [6, 6.07) is 5.83. The van der Waals surface area contributed by atoms with Crippen molar-refractivity contribution in [2.24, 2.45) is 23.2 Å². The third-order valence-electron chi connectivity index (χ3n) is 6.05. The number of carbonyl (C=O) groups is 1. The van der Waals surface area contributed by atoms with Crippen molar-refractivity contribution in [3.05, 3.63) is 18.2 Å². The molecule has 4 nitrogen and oxygen atoms in total. The quantitative estimate of drug-likeness (QED) is 0.916. The average Bonchev–Trinajstić information content (AvgIpc) is 2.95. The van der Waals surface area contributed by atoms with Crippen molar-refractivity contribution in [2.75, 3.05) is 5.32 Å². The van der Waals surface area contributed by atoms with Gasteiger partial charge >= 0.3 is 0 Å². The number of amides is 1. The fourth-order valence-corrected chi connectivity index (χ4v) is 6.10. The van der Waals surface area contributed by atoms with Crippen molar-refractivity contribution in [2.45, 2.75) is 38.5 Å². The summed E-state index contributed by atoms with van der Waals surface area (Å²) in [6.45, 7) is 0. The first-order chi connectivity index (χ1) is 10.7. The summed E-state index contributed by atoms with van der Waals surface area (Å²) in [6.07, 6.45) is 7.36. The van der Waals surface area contributed by atoms with Crippen molar-refractivity contribution in [1.82, 2.24) is 8.75 Å². The molecule has 0 radical (unpaired) electrons. The smallest absolute Gasteiger partial charge is 0.230 e. The monoisotopic (exact) mass is 313 g/mol. The highest BCUT2D eigenvalue weighted by atomic mass is 32.1. The molecule has 4 saturated carbocycles. The predicted molar refractivity (Wildman–Crippen MR) is 86.6 cm³/mol. The Kier molecular flexibility index (Phi) is 2.66. The highest BCUT2D eigenvalue weighted by Gasteiger charge is 2.54. The second kappa shape index (κ2) is 4.51. The van der Waals surface area contributed by atoms with E-state index in [1.165, 1.54) is 31.0 Å². The van der Waals surface area contributed by atoms with Crippen molar-refractivity contribution < 1.29 is 4.79 Å². The molecule has 4 aliphatic carbocycles. The molecule has 0 unspecified atom stereocenters. The summed E-state index contributed by atoms with van der Waals surface area (Å²) in [5.41, 5.74) is 2.41. The first-order valence-corrected chi connectivity index (χ1v) is 8.98. The van der Waals surface area contributed by atoms with Gasteiger partial charge in [-0.25, -0.2) is 0 Å². The number of hydrogen-bond donors (Lipinski definition) is 1. The third kappa shape index (κ3) is 1.84. The maximum atomic E-state index is 13.1. The minimum Gasteiger partial charge on any atom is -0.324 e. The van der Waals surface area contributed by atoms with E-state index in [1.54, 1.807) is 0 Å². The summed E-state index contributed by atoms with van der Waals surface area (Å²) in [5, 5.41) is 3.19. The van der Waals surface area contributed by atoms with Crippen LogP contribution in [0.25, 0.3) is 11.0 Å². The Morgan fingerprint density at radius 1 is 1.09 bits per heavy atom. The van der Waals surface area contributed by atoms with Gasteiger partial charge in [0.1, 0.15) is 11.0 Å². The molecule has 0 spiro atoms. The zero-order valence-electron chi connectivity index (χ0n) is 12.4. The summed E-state index contributed by atoms with van der Waals surface area (Å²) in [4.78, 5) is 13.1. The maximum Gasteiger partial charge on any atom is 0.230 e. The predicted octanol–water partition coefficient (Wildman–Crippen LogP) is 3.85. The molecule has 22 heavy (non-hydrogen) atoms. The molecule has 5 heteroatoms. The van der Waals surface area contributed by atoms with Gasteiger partial charge in [0.15, 0.2) is 0 Å². The summed E-state index contributed by atoms with van der Waals surface area (Å²) >= 11 is 1.20. The van der Waals surface area contributed by atoms with Gasteiger partial charge in [-0.05, 0) is 68.4 Å². The van der Waals surface area contributed by atoms with Gasteiger partial charge in [-0.15, -0.1) is 0 Å². The normalized spacial score (nSPS) is 35.9. The Balaban J connectivity index is 1.46. The maximum absolute atomic E-state index is 13.1. The molecule has 4 fully saturated rings. The number of nitrogens with one attached hydrogen (secondary N) is 1. The Hall–Kier alpha value is -1.49. The standard InChI is InChI=1S/C17H19N3OS/c21-16(18-13-2-1-3-14-15(13)20-22-19-14)17-7-10-4-11(8-17)6-12(5-10)9-17/h1-3,10-12H,4-9H2,(H,18,21). The topological polar surface area (TPSA) is 54.9 Å². The zero-order valence-corrected chi connectivity index (χ0v) is 13.2. The van der Waals surface area contributed by atoms with E-state index in [0.29, 0.717) is 0 Å². The van der Waals surface area contributed by atoms with Gasteiger partial charge in [0, 0.05) is 0 Å². The highest BCUT2D eigenvalue weighted by Crippen LogP contribution is 2.60. The van der Waals surface area contributed by atoms with Crippen LogP contribution in [-0.2, 0) is 4.79 Å². The molecule has 114 valence electrons. The SMILES string of the molecule is O=C(Nc1cccc2nsnc12)C12CC3CC(CC(C3)C1)C2. The van der Waals surface area contributed by atoms with Crippen molar-refractivity contribution in [1.29, 1.82) is 0 Å². The van der Waals surface area contributed by atoms with Gasteiger partial charge in [-0.3, -0.25) is 4.79 Å². The van der Waals surface area contributed by atoms with Gasteiger partial charge in [0.2, 0.25) is 5.91 Å². The molecular formula is C17H19N3OS. The molecule has 1 amide bonds. The van der Waals surface area contributed by atoms with Gasteiger partial charge in [-0.1, -0.05) is 6.07 Å². The minimum absolute atomic E-state index is 0.111. The fraction of sp³-hybridized carbons (Fsp3) is 0.588. The van der Waals surface area contributed by atoms with E-state index in [-0.39, 0.29) is 11.3 Å². The third-order valence-corrected chi connectivity index (χ3v) is 6.60. The van der Waals surface area contributed by atoms with Crippen LogP contribution in [-0.4, -0.2) is 14.7 Å². The Morgan fingerprint density at radius 3 is 2.45 bits per heavy atom. The summed E-state index contributed by atoms with van der Waals surface area (Å²) in [5.74, 6) is 2.59. The van der Waals surface area contributed by atoms with E-state index in [1.807, 2.05) is 18.2 Å². The second-order valence-electron chi connectivity index (χ2n) is 7.59. The molecule has 1 N–H and O–H groups in total. The molecule has 0 saturated heterocycles. The van der Waals surface area contributed by atoms with Gasteiger partial charge in [-0.2, -0.15) is 8.75 Å².